The van der Waals surface area contributed by atoms with E-state index in [1.165, 1.54) is 0 Å². The molecular weight excluding hydrogens is 320 g/mol. The number of para-hydroxylation sites is 1. The second-order valence-corrected chi connectivity index (χ2v) is 5.72. The first-order chi connectivity index (χ1) is 12.2. The van der Waals surface area contributed by atoms with E-state index < -0.39 is 5.97 Å². The van der Waals surface area contributed by atoms with Crippen molar-refractivity contribution >= 4 is 17.7 Å². The van der Waals surface area contributed by atoms with E-state index in [2.05, 4.69) is 10.6 Å². The Hall–Kier alpha value is -3.02. The summed E-state index contributed by atoms with van der Waals surface area (Å²) in [6.45, 7) is 2.48. The largest absolute Gasteiger partial charge is 0.491 e. The number of fused-ring (bicyclic) bond motifs is 1. The molecule has 3 rings (SSSR count). The van der Waals surface area contributed by atoms with Gasteiger partial charge in [-0.3, -0.25) is 0 Å². The maximum absolute atomic E-state index is 12.2. The topological polar surface area (TPSA) is 76.7 Å². The third-order valence-electron chi connectivity index (χ3n) is 3.85. The predicted molar refractivity (Wildman–Crippen MR) is 94.0 cm³/mol. The molecule has 0 saturated heterocycles. The average Bonchev–Trinajstić information content (AvgIpc) is 2.62. The summed E-state index contributed by atoms with van der Waals surface area (Å²) in [6.07, 6.45) is 0.715. The van der Waals surface area contributed by atoms with Gasteiger partial charge in [-0.05, 0) is 43.2 Å². The number of carbonyl (C=O) groups excluding carboxylic acids is 2. The maximum atomic E-state index is 12.2. The minimum atomic E-state index is -0.413. The molecule has 2 aromatic carbocycles. The van der Waals surface area contributed by atoms with Gasteiger partial charge in [0.2, 0.25) is 0 Å². The fraction of sp³-hybridized carbons (Fsp3) is 0.263. The van der Waals surface area contributed by atoms with E-state index in [4.69, 9.17) is 9.47 Å². The third-order valence-corrected chi connectivity index (χ3v) is 3.85. The van der Waals surface area contributed by atoms with E-state index in [-0.39, 0.29) is 12.1 Å². The lowest BCUT2D eigenvalue weighted by Gasteiger charge is -2.26. The van der Waals surface area contributed by atoms with Gasteiger partial charge in [0.05, 0.1) is 18.2 Å². The third kappa shape index (κ3) is 4.29. The van der Waals surface area contributed by atoms with Gasteiger partial charge in [-0.25, -0.2) is 9.59 Å². The molecule has 0 spiro atoms. The molecule has 0 radical (unpaired) electrons. The highest BCUT2D eigenvalue weighted by atomic mass is 16.5. The van der Waals surface area contributed by atoms with Crippen LogP contribution < -0.4 is 15.4 Å². The van der Waals surface area contributed by atoms with Gasteiger partial charge in [-0.1, -0.05) is 24.3 Å². The average molecular weight is 340 g/mol. The molecule has 0 aliphatic carbocycles. The van der Waals surface area contributed by atoms with Gasteiger partial charge in [-0.2, -0.15) is 0 Å². The monoisotopic (exact) mass is 340 g/mol. The zero-order valence-electron chi connectivity index (χ0n) is 14.0. The van der Waals surface area contributed by atoms with E-state index in [1.54, 1.807) is 31.2 Å². The number of carbonyl (C=O) groups is 2. The number of amides is 2. The Morgan fingerprint density at radius 3 is 2.88 bits per heavy atom. The van der Waals surface area contributed by atoms with Gasteiger partial charge in [-0.15, -0.1) is 0 Å². The molecule has 6 nitrogen and oxygen atoms in total. The number of ether oxygens (including phenoxy) is 2. The summed E-state index contributed by atoms with van der Waals surface area (Å²) in [5.41, 5.74) is 2.00. The van der Waals surface area contributed by atoms with Crippen LogP contribution in [0.25, 0.3) is 0 Å². The molecule has 1 aliphatic heterocycles. The molecular formula is C19H20N2O4. The lowest BCUT2D eigenvalue weighted by atomic mass is 10.0. The minimum absolute atomic E-state index is 0.108. The molecule has 2 aromatic rings. The van der Waals surface area contributed by atoms with Gasteiger partial charge in [0.25, 0.3) is 0 Å². The number of hydrogen-bond acceptors (Lipinski definition) is 4. The molecule has 0 aromatic heterocycles. The van der Waals surface area contributed by atoms with Crippen LogP contribution in [0.15, 0.2) is 48.5 Å². The molecule has 2 amide bonds. The summed E-state index contributed by atoms with van der Waals surface area (Å²) >= 11 is 0. The number of benzene rings is 2. The van der Waals surface area contributed by atoms with Crippen molar-refractivity contribution in [3.05, 3.63) is 59.7 Å². The first kappa shape index (κ1) is 16.8. The molecule has 1 aliphatic rings. The highest BCUT2D eigenvalue weighted by Crippen LogP contribution is 2.23. The van der Waals surface area contributed by atoms with Crippen molar-refractivity contribution in [1.29, 1.82) is 0 Å². The Kier molecular flexibility index (Phi) is 5.18. The van der Waals surface area contributed by atoms with Gasteiger partial charge >= 0.3 is 12.0 Å². The molecule has 6 heteroatoms. The van der Waals surface area contributed by atoms with Gasteiger partial charge in [0.15, 0.2) is 0 Å². The fourth-order valence-electron chi connectivity index (χ4n) is 2.71. The zero-order chi connectivity index (χ0) is 17.6. The molecule has 1 heterocycles. The van der Waals surface area contributed by atoms with Crippen LogP contribution in [0, 0.1) is 0 Å². The minimum Gasteiger partial charge on any atom is -0.491 e. The van der Waals surface area contributed by atoms with Crippen LogP contribution in [0.3, 0.4) is 0 Å². The van der Waals surface area contributed by atoms with E-state index in [1.807, 2.05) is 24.3 Å². The first-order valence-electron chi connectivity index (χ1n) is 8.21. The van der Waals surface area contributed by atoms with Crippen LogP contribution in [0.4, 0.5) is 10.5 Å². The molecule has 1 atom stereocenters. The van der Waals surface area contributed by atoms with Crippen LogP contribution in [0.2, 0.25) is 0 Å². The summed E-state index contributed by atoms with van der Waals surface area (Å²) in [6, 6.07) is 14.0. The Morgan fingerprint density at radius 2 is 2.04 bits per heavy atom. The SMILES string of the molecule is CCOC(=O)c1cccc(NC(=O)N[C@H]2COc3ccccc3C2)c1. The summed E-state index contributed by atoms with van der Waals surface area (Å²) in [7, 11) is 0. The summed E-state index contributed by atoms with van der Waals surface area (Å²) in [4.78, 5) is 24.0. The van der Waals surface area contributed by atoms with Crippen molar-refractivity contribution in [2.24, 2.45) is 0 Å². The predicted octanol–water partition coefficient (Wildman–Crippen LogP) is 2.99. The summed E-state index contributed by atoms with van der Waals surface area (Å²) in [5, 5.41) is 5.63. The lowest BCUT2D eigenvalue weighted by Crippen LogP contribution is -2.44. The second kappa shape index (κ2) is 7.70. The number of hydrogen-bond donors (Lipinski definition) is 2. The Bertz CT molecular complexity index is 776. The lowest BCUT2D eigenvalue weighted by molar-refractivity contribution is 0.0526. The molecule has 25 heavy (non-hydrogen) atoms. The van der Waals surface area contributed by atoms with Crippen LogP contribution in [0.1, 0.15) is 22.8 Å². The molecule has 0 unspecified atom stereocenters. The second-order valence-electron chi connectivity index (χ2n) is 5.72. The highest BCUT2D eigenvalue weighted by Gasteiger charge is 2.21. The van der Waals surface area contributed by atoms with E-state index in [0.29, 0.717) is 30.9 Å². The van der Waals surface area contributed by atoms with Crippen LogP contribution in [-0.4, -0.2) is 31.3 Å². The van der Waals surface area contributed by atoms with Crippen molar-refractivity contribution in [2.75, 3.05) is 18.5 Å². The van der Waals surface area contributed by atoms with Crippen molar-refractivity contribution in [3.8, 4) is 5.75 Å². The Labute approximate surface area is 146 Å². The van der Waals surface area contributed by atoms with Crippen LogP contribution in [0.5, 0.6) is 5.75 Å². The standard InChI is InChI=1S/C19H20N2O4/c1-2-24-18(22)14-7-5-8-15(11-14)20-19(23)21-16-10-13-6-3-4-9-17(13)25-12-16/h3-9,11,16H,2,10,12H2,1H3,(H2,20,21,23)/t16-/m1/s1. The Balaban J connectivity index is 1.58. The van der Waals surface area contributed by atoms with Crippen molar-refractivity contribution in [1.82, 2.24) is 5.32 Å². The molecule has 0 bridgehead atoms. The van der Waals surface area contributed by atoms with Crippen LogP contribution in [-0.2, 0) is 11.2 Å². The number of rotatable bonds is 4. The summed E-state index contributed by atoms with van der Waals surface area (Å²) in [5.74, 6) is 0.451. The number of esters is 1. The van der Waals surface area contributed by atoms with E-state index in [9.17, 15) is 9.59 Å². The normalized spacial score (nSPS) is 15.5. The van der Waals surface area contributed by atoms with Crippen molar-refractivity contribution in [3.63, 3.8) is 0 Å². The van der Waals surface area contributed by atoms with Gasteiger partial charge < -0.3 is 20.1 Å². The molecule has 0 fully saturated rings. The number of urea groups is 1. The fourth-order valence-corrected chi connectivity index (χ4v) is 2.71. The number of anilines is 1. The van der Waals surface area contributed by atoms with Gasteiger partial charge in [0, 0.05) is 5.69 Å². The molecule has 0 saturated carbocycles. The summed E-state index contributed by atoms with van der Waals surface area (Å²) < 4.78 is 10.6. The van der Waals surface area contributed by atoms with Crippen LogP contribution >= 0.6 is 0 Å². The van der Waals surface area contributed by atoms with Crippen molar-refractivity contribution in [2.45, 2.75) is 19.4 Å². The number of nitrogens with one attached hydrogen (secondary N) is 2. The van der Waals surface area contributed by atoms with Gasteiger partial charge in [0.1, 0.15) is 12.4 Å². The first-order valence-corrected chi connectivity index (χ1v) is 8.21. The Morgan fingerprint density at radius 1 is 1.20 bits per heavy atom. The molecule has 130 valence electrons. The molecule has 2 N–H and O–H groups in total. The highest BCUT2D eigenvalue weighted by molar-refractivity contribution is 5.94. The quantitative estimate of drug-likeness (QED) is 0.839. The van der Waals surface area contributed by atoms with E-state index in [0.717, 1.165) is 11.3 Å². The van der Waals surface area contributed by atoms with E-state index >= 15 is 0 Å². The van der Waals surface area contributed by atoms with Crippen molar-refractivity contribution < 1.29 is 19.1 Å². The maximum Gasteiger partial charge on any atom is 0.338 e. The zero-order valence-corrected chi connectivity index (χ0v) is 14.0. The smallest absolute Gasteiger partial charge is 0.338 e.